The van der Waals surface area contributed by atoms with Crippen LogP contribution in [-0.2, 0) is 24.3 Å². The van der Waals surface area contributed by atoms with E-state index >= 15 is 0 Å². The number of amides is 2. The molecule has 2 aromatic rings. The van der Waals surface area contributed by atoms with Crippen molar-refractivity contribution in [3.05, 3.63) is 53.1 Å². The molecule has 2 aliphatic heterocycles. The first-order valence-corrected chi connectivity index (χ1v) is 11.5. The summed E-state index contributed by atoms with van der Waals surface area (Å²) < 4.78 is 36.3. The van der Waals surface area contributed by atoms with Crippen molar-refractivity contribution in [2.75, 3.05) is 31.7 Å². The maximum atomic E-state index is 12.5. The minimum Gasteiger partial charge on any atom is -0.495 e. The van der Waals surface area contributed by atoms with Gasteiger partial charge in [-0.25, -0.2) is 12.7 Å². The molecule has 9 nitrogen and oxygen atoms in total. The fourth-order valence-electron chi connectivity index (χ4n) is 3.77. The van der Waals surface area contributed by atoms with Crippen molar-refractivity contribution in [2.24, 2.45) is 5.92 Å². The number of benzene rings is 2. The van der Waals surface area contributed by atoms with Crippen molar-refractivity contribution in [1.82, 2.24) is 4.31 Å². The van der Waals surface area contributed by atoms with E-state index in [0.717, 1.165) is 0 Å². The standard InChI is InChI=1S/C21H19ClN2O7S/c1-30-17-7-6-14(22)11-16(17)23-12-13(10-19(23)25)21(27)31-9-8-24-20(26)15-4-2-3-5-18(15)32(24,28)29/h2-7,11,13H,8-10,12H2,1H3/t13-/m1/s1. The lowest BCUT2D eigenvalue weighted by Crippen LogP contribution is -2.34. The molecule has 0 unspecified atom stereocenters. The fraction of sp³-hybridized carbons (Fsp3) is 0.286. The Morgan fingerprint density at radius 1 is 1.19 bits per heavy atom. The average molecular weight is 479 g/mol. The zero-order chi connectivity index (χ0) is 23.0. The SMILES string of the molecule is COc1ccc(Cl)cc1N1C[C@H](C(=O)OCCN2C(=O)c3ccccc3S2(=O)=O)CC1=O. The van der Waals surface area contributed by atoms with Crippen LogP contribution in [0.3, 0.4) is 0 Å². The highest BCUT2D eigenvalue weighted by Crippen LogP contribution is 2.35. The summed E-state index contributed by atoms with van der Waals surface area (Å²) in [6, 6.07) is 10.7. The number of esters is 1. The number of rotatable bonds is 6. The number of hydrogen-bond acceptors (Lipinski definition) is 7. The predicted octanol–water partition coefficient (Wildman–Crippen LogP) is 2.09. The molecule has 4 rings (SSSR count). The molecule has 168 valence electrons. The number of carbonyl (C=O) groups is 3. The van der Waals surface area contributed by atoms with Gasteiger partial charge >= 0.3 is 5.97 Å². The van der Waals surface area contributed by atoms with Gasteiger partial charge in [-0.3, -0.25) is 14.4 Å². The van der Waals surface area contributed by atoms with Crippen LogP contribution >= 0.6 is 11.6 Å². The Balaban J connectivity index is 1.38. The number of anilines is 1. The maximum absolute atomic E-state index is 12.5. The first-order valence-electron chi connectivity index (χ1n) is 9.70. The number of fused-ring (bicyclic) bond motifs is 1. The second kappa shape index (κ2) is 8.44. The molecule has 1 fully saturated rings. The van der Waals surface area contributed by atoms with Crippen LogP contribution in [-0.4, -0.2) is 57.3 Å². The quantitative estimate of drug-likeness (QED) is 0.584. The molecule has 0 radical (unpaired) electrons. The van der Waals surface area contributed by atoms with Gasteiger partial charge in [0.25, 0.3) is 15.9 Å². The molecule has 11 heteroatoms. The van der Waals surface area contributed by atoms with E-state index in [9.17, 15) is 22.8 Å². The lowest BCUT2D eigenvalue weighted by molar-refractivity contribution is -0.148. The fourth-order valence-corrected chi connectivity index (χ4v) is 5.49. The van der Waals surface area contributed by atoms with Gasteiger partial charge in [-0.2, -0.15) is 0 Å². The summed E-state index contributed by atoms with van der Waals surface area (Å²) >= 11 is 6.03. The van der Waals surface area contributed by atoms with Crippen LogP contribution in [0.4, 0.5) is 5.69 Å². The number of sulfonamides is 1. The van der Waals surface area contributed by atoms with Crippen LogP contribution < -0.4 is 9.64 Å². The van der Waals surface area contributed by atoms with Crippen LogP contribution in [0.5, 0.6) is 5.75 Å². The molecule has 1 saturated heterocycles. The molecule has 2 amide bonds. The van der Waals surface area contributed by atoms with Crippen LogP contribution in [0.1, 0.15) is 16.8 Å². The highest BCUT2D eigenvalue weighted by atomic mass is 35.5. The van der Waals surface area contributed by atoms with E-state index in [1.54, 1.807) is 24.3 Å². The summed E-state index contributed by atoms with van der Waals surface area (Å²) in [5.74, 6) is -1.90. The van der Waals surface area contributed by atoms with E-state index in [-0.39, 0.29) is 42.5 Å². The maximum Gasteiger partial charge on any atom is 0.311 e. The van der Waals surface area contributed by atoms with Gasteiger partial charge in [0.2, 0.25) is 5.91 Å². The van der Waals surface area contributed by atoms with Crippen LogP contribution in [0.15, 0.2) is 47.4 Å². The van der Waals surface area contributed by atoms with E-state index in [0.29, 0.717) is 20.8 Å². The summed E-state index contributed by atoms with van der Waals surface area (Å²) in [4.78, 5) is 38.8. The van der Waals surface area contributed by atoms with Gasteiger partial charge in [-0.05, 0) is 30.3 Å². The molecule has 32 heavy (non-hydrogen) atoms. The van der Waals surface area contributed by atoms with Gasteiger partial charge in [0.05, 0.1) is 30.8 Å². The first-order chi connectivity index (χ1) is 15.2. The van der Waals surface area contributed by atoms with E-state index < -0.39 is 27.8 Å². The Morgan fingerprint density at radius 3 is 2.66 bits per heavy atom. The van der Waals surface area contributed by atoms with Crippen LogP contribution in [0, 0.1) is 5.92 Å². The van der Waals surface area contributed by atoms with E-state index in [2.05, 4.69) is 0 Å². The first kappa shape index (κ1) is 22.1. The number of halogens is 1. The zero-order valence-corrected chi connectivity index (χ0v) is 18.6. The number of hydrogen-bond donors (Lipinski definition) is 0. The number of carbonyl (C=O) groups excluding carboxylic acids is 3. The molecular weight excluding hydrogens is 460 g/mol. The Labute approximate surface area is 189 Å². The van der Waals surface area contributed by atoms with Gasteiger partial charge in [0, 0.05) is 18.0 Å². The normalized spacial score (nSPS) is 19.2. The number of methoxy groups -OCH3 is 1. The highest BCUT2D eigenvalue weighted by Gasteiger charge is 2.41. The van der Waals surface area contributed by atoms with Gasteiger partial charge in [-0.15, -0.1) is 0 Å². The monoisotopic (exact) mass is 478 g/mol. The van der Waals surface area contributed by atoms with Gasteiger partial charge < -0.3 is 14.4 Å². The molecular formula is C21H19ClN2O7S. The van der Waals surface area contributed by atoms with Gasteiger partial charge in [-0.1, -0.05) is 23.7 Å². The summed E-state index contributed by atoms with van der Waals surface area (Å²) in [7, 11) is -2.51. The third-order valence-electron chi connectivity index (χ3n) is 5.34. The molecule has 0 aliphatic carbocycles. The van der Waals surface area contributed by atoms with Crippen molar-refractivity contribution in [1.29, 1.82) is 0 Å². The molecule has 2 aliphatic rings. The van der Waals surface area contributed by atoms with Crippen molar-refractivity contribution in [3.63, 3.8) is 0 Å². The van der Waals surface area contributed by atoms with Crippen LogP contribution in [0.2, 0.25) is 5.02 Å². The lowest BCUT2D eigenvalue weighted by atomic mass is 10.1. The molecule has 1 atom stereocenters. The Bertz CT molecular complexity index is 1210. The largest absolute Gasteiger partial charge is 0.495 e. The van der Waals surface area contributed by atoms with Gasteiger partial charge in [0.15, 0.2) is 0 Å². The smallest absolute Gasteiger partial charge is 0.311 e. The van der Waals surface area contributed by atoms with E-state index in [1.165, 1.54) is 30.2 Å². The zero-order valence-electron chi connectivity index (χ0n) is 17.0. The third kappa shape index (κ3) is 3.80. The summed E-state index contributed by atoms with van der Waals surface area (Å²) in [5.41, 5.74) is 0.540. The summed E-state index contributed by atoms with van der Waals surface area (Å²) in [5, 5.41) is 0.414. The molecule has 0 bridgehead atoms. The average Bonchev–Trinajstić information content (AvgIpc) is 3.25. The van der Waals surface area contributed by atoms with Gasteiger partial charge in [0.1, 0.15) is 17.3 Å². The predicted molar refractivity (Wildman–Crippen MR) is 114 cm³/mol. The summed E-state index contributed by atoms with van der Waals surface area (Å²) in [6.07, 6.45) is -0.0686. The Morgan fingerprint density at radius 2 is 1.94 bits per heavy atom. The van der Waals surface area contributed by atoms with Crippen LogP contribution in [0.25, 0.3) is 0 Å². The number of nitrogens with zero attached hydrogens (tertiary/aromatic N) is 2. The van der Waals surface area contributed by atoms with Crippen molar-refractivity contribution in [2.45, 2.75) is 11.3 Å². The molecule has 2 heterocycles. The minimum absolute atomic E-state index is 0.0659. The Hall–Kier alpha value is -3.11. The molecule has 0 saturated carbocycles. The molecule has 0 N–H and O–H groups in total. The van der Waals surface area contributed by atoms with Crippen molar-refractivity contribution in [3.8, 4) is 5.75 Å². The number of ether oxygens (including phenoxy) is 2. The molecule has 2 aromatic carbocycles. The molecule has 0 aromatic heterocycles. The minimum atomic E-state index is -3.97. The Kier molecular flexibility index (Phi) is 5.83. The lowest BCUT2D eigenvalue weighted by Gasteiger charge is -2.20. The topological polar surface area (TPSA) is 110 Å². The second-order valence-electron chi connectivity index (χ2n) is 7.27. The highest BCUT2D eigenvalue weighted by molar-refractivity contribution is 7.90. The second-order valence-corrected chi connectivity index (χ2v) is 9.53. The van der Waals surface area contributed by atoms with Crippen molar-refractivity contribution < 1.29 is 32.3 Å². The van der Waals surface area contributed by atoms with Crippen molar-refractivity contribution >= 4 is 45.1 Å². The molecule has 0 spiro atoms. The van der Waals surface area contributed by atoms with E-state index in [4.69, 9.17) is 21.1 Å². The summed E-state index contributed by atoms with van der Waals surface area (Å²) in [6.45, 7) is -0.558. The van der Waals surface area contributed by atoms with E-state index in [1.807, 2.05) is 0 Å². The third-order valence-corrected chi connectivity index (χ3v) is 7.42.